The van der Waals surface area contributed by atoms with Gasteiger partial charge in [0.15, 0.2) is 0 Å². The van der Waals surface area contributed by atoms with Crippen LogP contribution in [0.5, 0.6) is 0 Å². The number of rotatable bonds is 4. The zero-order chi connectivity index (χ0) is 9.54. The maximum Gasteiger partial charge on any atom is 0.148 e. The second kappa shape index (κ2) is 3.01. The number of aromatic nitrogens is 2. The molecule has 3 nitrogen and oxygen atoms in total. The number of nitrogens with one attached hydrogen (secondary N) is 1. The molecule has 76 valence electrons. The average molecular weight is 191 g/mol. The van der Waals surface area contributed by atoms with Crippen molar-refractivity contribution in [2.75, 3.05) is 5.32 Å². The van der Waals surface area contributed by atoms with Crippen molar-refractivity contribution < 1.29 is 0 Å². The third kappa shape index (κ3) is 1.63. The number of aryl methyl sites for hydroxylation is 1. The third-order valence-electron chi connectivity index (χ3n) is 3.29. The van der Waals surface area contributed by atoms with E-state index in [0.29, 0.717) is 6.04 Å². The predicted octanol–water partition coefficient (Wildman–Crippen LogP) is 2.02. The number of hydrogen-bond donors (Lipinski definition) is 1. The van der Waals surface area contributed by atoms with Gasteiger partial charge in [-0.05, 0) is 37.5 Å². The van der Waals surface area contributed by atoms with Gasteiger partial charge in [0, 0.05) is 25.4 Å². The molecule has 0 aromatic carbocycles. The van der Waals surface area contributed by atoms with Crippen molar-refractivity contribution in [3.8, 4) is 0 Å². The summed E-state index contributed by atoms with van der Waals surface area (Å²) in [7, 11) is 1.97. The van der Waals surface area contributed by atoms with Gasteiger partial charge >= 0.3 is 0 Å². The molecule has 0 unspecified atom stereocenters. The van der Waals surface area contributed by atoms with Crippen LogP contribution in [0, 0.1) is 11.8 Å². The van der Waals surface area contributed by atoms with E-state index in [2.05, 4.69) is 16.5 Å². The van der Waals surface area contributed by atoms with E-state index in [4.69, 9.17) is 0 Å². The maximum atomic E-state index is 4.38. The van der Waals surface area contributed by atoms with Crippen LogP contribution in [-0.4, -0.2) is 15.8 Å². The smallest absolute Gasteiger partial charge is 0.148 e. The van der Waals surface area contributed by atoms with E-state index >= 15 is 0 Å². The van der Waals surface area contributed by atoms with Crippen LogP contribution in [0.1, 0.15) is 25.7 Å². The molecule has 0 bridgehead atoms. The second-order valence-corrected chi connectivity index (χ2v) is 4.72. The van der Waals surface area contributed by atoms with E-state index in [1.54, 1.807) is 0 Å². The first-order valence-electron chi connectivity index (χ1n) is 5.59. The van der Waals surface area contributed by atoms with Gasteiger partial charge < -0.3 is 5.32 Å². The van der Waals surface area contributed by atoms with Crippen molar-refractivity contribution in [3.63, 3.8) is 0 Å². The van der Waals surface area contributed by atoms with Gasteiger partial charge in [0.25, 0.3) is 0 Å². The SMILES string of the molecule is Cn1ccc(NC(C2CC2)C2CC2)n1. The molecule has 0 amide bonds. The van der Waals surface area contributed by atoms with Crippen LogP contribution in [0.3, 0.4) is 0 Å². The highest BCUT2D eigenvalue weighted by atomic mass is 15.3. The minimum Gasteiger partial charge on any atom is -0.365 e. The maximum absolute atomic E-state index is 4.38. The molecule has 2 aliphatic rings. The summed E-state index contributed by atoms with van der Waals surface area (Å²) in [5.41, 5.74) is 0. The van der Waals surface area contributed by atoms with Crippen LogP contribution in [0.15, 0.2) is 12.3 Å². The molecule has 0 aliphatic heterocycles. The summed E-state index contributed by atoms with van der Waals surface area (Å²) in [5, 5.41) is 7.97. The fourth-order valence-corrected chi connectivity index (χ4v) is 2.19. The van der Waals surface area contributed by atoms with Crippen molar-refractivity contribution in [2.24, 2.45) is 18.9 Å². The monoisotopic (exact) mass is 191 g/mol. The van der Waals surface area contributed by atoms with Crippen molar-refractivity contribution in [2.45, 2.75) is 31.7 Å². The van der Waals surface area contributed by atoms with Crippen molar-refractivity contribution in [3.05, 3.63) is 12.3 Å². The molecular formula is C11H17N3. The molecule has 2 saturated carbocycles. The van der Waals surface area contributed by atoms with Crippen LogP contribution >= 0.6 is 0 Å². The zero-order valence-electron chi connectivity index (χ0n) is 8.61. The fourth-order valence-electron chi connectivity index (χ4n) is 2.19. The minimum atomic E-state index is 0.713. The lowest BCUT2D eigenvalue weighted by molar-refractivity contribution is 0.564. The Morgan fingerprint density at radius 3 is 2.43 bits per heavy atom. The first-order chi connectivity index (χ1) is 6.83. The predicted molar refractivity (Wildman–Crippen MR) is 56.1 cm³/mol. The normalized spacial score (nSPS) is 21.6. The van der Waals surface area contributed by atoms with Gasteiger partial charge in [-0.3, -0.25) is 4.68 Å². The summed E-state index contributed by atoms with van der Waals surface area (Å²) in [4.78, 5) is 0. The Bertz CT molecular complexity index is 311. The van der Waals surface area contributed by atoms with Crippen molar-refractivity contribution >= 4 is 5.82 Å². The Morgan fingerprint density at radius 2 is 2.00 bits per heavy atom. The van der Waals surface area contributed by atoms with Gasteiger partial charge in [0.2, 0.25) is 0 Å². The first-order valence-corrected chi connectivity index (χ1v) is 5.59. The van der Waals surface area contributed by atoms with Crippen LogP contribution in [0.2, 0.25) is 0 Å². The molecule has 14 heavy (non-hydrogen) atoms. The summed E-state index contributed by atoms with van der Waals surface area (Å²) >= 11 is 0. The average Bonchev–Trinajstić information content (AvgIpc) is 3.04. The molecule has 0 spiro atoms. The summed E-state index contributed by atoms with van der Waals surface area (Å²) in [6, 6.07) is 2.78. The van der Waals surface area contributed by atoms with Crippen LogP contribution in [0.4, 0.5) is 5.82 Å². The van der Waals surface area contributed by atoms with E-state index in [9.17, 15) is 0 Å². The van der Waals surface area contributed by atoms with Crippen LogP contribution < -0.4 is 5.32 Å². The van der Waals surface area contributed by atoms with Gasteiger partial charge in [0.1, 0.15) is 5.82 Å². The number of nitrogens with zero attached hydrogens (tertiary/aromatic N) is 2. The van der Waals surface area contributed by atoms with E-state index in [0.717, 1.165) is 17.7 Å². The van der Waals surface area contributed by atoms with Crippen molar-refractivity contribution in [1.82, 2.24) is 9.78 Å². The van der Waals surface area contributed by atoms with Crippen molar-refractivity contribution in [1.29, 1.82) is 0 Å². The fraction of sp³-hybridized carbons (Fsp3) is 0.727. The van der Waals surface area contributed by atoms with Gasteiger partial charge in [-0.1, -0.05) is 0 Å². The van der Waals surface area contributed by atoms with E-state index in [-0.39, 0.29) is 0 Å². The first kappa shape index (κ1) is 8.33. The molecular weight excluding hydrogens is 174 g/mol. The van der Waals surface area contributed by atoms with E-state index in [1.165, 1.54) is 25.7 Å². The second-order valence-electron chi connectivity index (χ2n) is 4.72. The van der Waals surface area contributed by atoms with E-state index in [1.807, 2.05) is 17.9 Å². The topological polar surface area (TPSA) is 29.9 Å². The van der Waals surface area contributed by atoms with Gasteiger partial charge in [0.05, 0.1) is 0 Å². The van der Waals surface area contributed by atoms with Gasteiger partial charge in [-0.15, -0.1) is 0 Å². The molecule has 1 aromatic rings. The highest BCUT2D eigenvalue weighted by Gasteiger charge is 2.41. The number of anilines is 1. The summed E-state index contributed by atoms with van der Waals surface area (Å²) in [6.07, 6.45) is 7.67. The van der Waals surface area contributed by atoms with Gasteiger partial charge in [-0.2, -0.15) is 5.10 Å². The van der Waals surface area contributed by atoms with Crippen LogP contribution in [-0.2, 0) is 7.05 Å². The van der Waals surface area contributed by atoms with Gasteiger partial charge in [-0.25, -0.2) is 0 Å². The molecule has 1 heterocycles. The number of hydrogen-bond acceptors (Lipinski definition) is 2. The summed E-state index contributed by atoms with van der Waals surface area (Å²) in [5.74, 6) is 2.92. The molecule has 0 atom stereocenters. The highest BCUT2D eigenvalue weighted by Crippen LogP contribution is 2.45. The summed E-state index contributed by atoms with van der Waals surface area (Å²) < 4.78 is 1.86. The molecule has 0 saturated heterocycles. The Labute approximate surface area is 84.5 Å². The minimum absolute atomic E-state index is 0.713. The Balaban J connectivity index is 1.68. The van der Waals surface area contributed by atoms with Crippen LogP contribution in [0.25, 0.3) is 0 Å². The largest absolute Gasteiger partial charge is 0.365 e. The Hall–Kier alpha value is -0.990. The lowest BCUT2D eigenvalue weighted by Gasteiger charge is -2.16. The molecule has 3 rings (SSSR count). The molecule has 2 aliphatic carbocycles. The molecule has 1 aromatic heterocycles. The Morgan fingerprint density at radius 1 is 1.36 bits per heavy atom. The highest BCUT2D eigenvalue weighted by molar-refractivity contribution is 5.35. The zero-order valence-corrected chi connectivity index (χ0v) is 8.61. The van der Waals surface area contributed by atoms with E-state index < -0.39 is 0 Å². The quantitative estimate of drug-likeness (QED) is 0.789. The Kier molecular flexibility index (Phi) is 1.79. The molecule has 1 N–H and O–H groups in total. The molecule has 3 heteroatoms. The molecule has 2 fully saturated rings. The standard InChI is InChI=1S/C11H17N3/c1-14-7-6-10(13-14)12-11(8-2-3-8)9-4-5-9/h6-9,11H,2-5H2,1H3,(H,12,13). The molecule has 0 radical (unpaired) electrons. The summed E-state index contributed by atoms with van der Waals surface area (Å²) in [6.45, 7) is 0. The lowest BCUT2D eigenvalue weighted by atomic mass is 10.1. The third-order valence-corrected chi connectivity index (χ3v) is 3.29. The lowest BCUT2D eigenvalue weighted by Crippen LogP contribution is -2.24.